The highest BCUT2D eigenvalue weighted by molar-refractivity contribution is 6.06. The first-order valence-corrected chi connectivity index (χ1v) is 9.76. The van der Waals surface area contributed by atoms with E-state index in [-0.39, 0.29) is 17.8 Å². The van der Waals surface area contributed by atoms with Gasteiger partial charge >= 0.3 is 6.03 Å². The normalized spacial score (nSPS) is 29.5. The van der Waals surface area contributed by atoms with Gasteiger partial charge < -0.3 is 20.0 Å². The Labute approximate surface area is 158 Å². The lowest BCUT2D eigenvalue weighted by Crippen LogP contribution is -3.16. The summed E-state index contributed by atoms with van der Waals surface area (Å²) in [6, 6.07) is 6.30. The zero-order valence-electron chi connectivity index (χ0n) is 15.8. The van der Waals surface area contributed by atoms with Gasteiger partial charge in [-0.25, -0.2) is 14.1 Å². The lowest BCUT2D eigenvalue weighted by atomic mass is 9.88. The number of likely N-dealkylation sites (tertiary alicyclic amines) is 1. The summed E-state index contributed by atoms with van der Waals surface area (Å²) in [5, 5.41) is 2.98. The summed E-state index contributed by atoms with van der Waals surface area (Å²) in [6.07, 6.45) is 1.43. The molecule has 3 saturated heterocycles. The molecule has 3 aliphatic heterocycles. The minimum absolute atomic E-state index is 0.0477. The number of nitrogens with one attached hydrogen (secondary N) is 3. The number of urea groups is 1. The Morgan fingerprint density at radius 2 is 1.70 bits per heavy atom. The number of imide groups is 1. The lowest BCUT2D eigenvalue weighted by molar-refractivity contribution is -0.907. The van der Waals surface area contributed by atoms with E-state index < -0.39 is 5.54 Å². The van der Waals surface area contributed by atoms with E-state index in [1.165, 1.54) is 26.8 Å². The van der Waals surface area contributed by atoms with Crippen molar-refractivity contribution >= 4 is 17.6 Å². The van der Waals surface area contributed by atoms with Crippen LogP contribution in [0.3, 0.4) is 0 Å². The molecule has 3 aliphatic rings. The fourth-order valence-corrected chi connectivity index (χ4v) is 4.38. The zero-order chi connectivity index (χ0) is 19.0. The van der Waals surface area contributed by atoms with Crippen LogP contribution < -0.4 is 20.0 Å². The van der Waals surface area contributed by atoms with Crippen molar-refractivity contribution in [2.45, 2.75) is 18.4 Å². The highest BCUT2D eigenvalue weighted by Gasteiger charge is 2.54. The highest BCUT2D eigenvalue weighted by atomic mass is 19.1. The van der Waals surface area contributed by atoms with Crippen LogP contribution in [0.15, 0.2) is 24.3 Å². The van der Waals surface area contributed by atoms with Crippen molar-refractivity contribution in [3.05, 3.63) is 30.1 Å². The molecule has 0 radical (unpaired) electrons. The number of benzene rings is 1. The summed E-state index contributed by atoms with van der Waals surface area (Å²) in [6.45, 7) is 5.56. The van der Waals surface area contributed by atoms with Crippen LogP contribution in [0.5, 0.6) is 0 Å². The number of carbonyl (C=O) groups excluding carboxylic acids is 2. The molecule has 1 aromatic rings. The number of piperazine rings is 1. The topological polar surface area (TPSA) is 61.5 Å². The molecule has 3 fully saturated rings. The summed E-state index contributed by atoms with van der Waals surface area (Å²) < 4.78 is 13.1. The van der Waals surface area contributed by atoms with Gasteiger partial charge in [-0.2, -0.15) is 0 Å². The fourth-order valence-electron chi connectivity index (χ4n) is 4.38. The van der Waals surface area contributed by atoms with Gasteiger partial charge in [-0.05, 0) is 24.3 Å². The molecular formula is C19H28FN5O2+2. The van der Waals surface area contributed by atoms with Crippen LogP contribution in [0.1, 0.15) is 12.8 Å². The summed E-state index contributed by atoms with van der Waals surface area (Å²) in [7, 11) is 2.12. The molecule has 1 spiro atoms. The first-order valence-electron chi connectivity index (χ1n) is 9.76. The van der Waals surface area contributed by atoms with Gasteiger partial charge in [0.15, 0.2) is 6.67 Å². The third kappa shape index (κ3) is 3.51. The second-order valence-electron chi connectivity index (χ2n) is 8.07. The molecule has 0 aromatic heterocycles. The van der Waals surface area contributed by atoms with Crippen molar-refractivity contribution in [1.82, 2.24) is 10.2 Å². The van der Waals surface area contributed by atoms with Gasteiger partial charge in [0.2, 0.25) is 0 Å². The Balaban J connectivity index is 1.34. The summed E-state index contributed by atoms with van der Waals surface area (Å²) >= 11 is 0. The smallest absolute Gasteiger partial charge is 0.329 e. The van der Waals surface area contributed by atoms with Crippen molar-refractivity contribution in [2.75, 3.05) is 57.9 Å². The van der Waals surface area contributed by atoms with Gasteiger partial charge in [0.05, 0.1) is 46.3 Å². The third-order valence-electron chi connectivity index (χ3n) is 6.25. The maximum atomic E-state index is 13.1. The Morgan fingerprint density at radius 1 is 1.07 bits per heavy atom. The van der Waals surface area contributed by atoms with Gasteiger partial charge in [0.25, 0.3) is 5.91 Å². The molecule has 146 valence electrons. The molecule has 3 heterocycles. The van der Waals surface area contributed by atoms with E-state index in [1.807, 2.05) is 0 Å². The predicted octanol–water partition coefficient (Wildman–Crippen LogP) is -1.91. The maximum Gasteiger partial charge on any atom is 0.329 e. The van der Waals surface area contributed by atoms with E-state index in [4.69, 9.17) is 0 Å². The first-order chi connectivity index (χ1) is 13.0. The average Bonchev–Trinajstić information content (AvgIpc) is 2.90. The van der Waals surface area contributed by atoms with E-state index in [1.54, 1.807) is 12.1 Å². The zero-order valence-corrected chi connectivity index (χ0v) is 15.8. The molecule has 7 nitrogen and oxygen atoms in total. The van der Waals surface area contributed by atoms with E-state index >= 15 is 0 Å². The lowest BCUT2D eigenvalue weighted by Gasteiger charge is -2.35. The van der Waals surface area contributed by atoms with Crippen LogP contribution in [0.25, 0.3) is 0 Å². The number of halogens is 1. The number of hydrogen-bond acceptors (Lipinski definition) is 3. The quantitative estimate of drug-likeness (QED) is 0.539. The van der Waals surface area contributed by atoms with E-state index in [0.29, 0.717) is 19.5 Å². The molecule has 0 atom stereocenters. The minimum Gasteiger partial charge on any atom is -0.360 e. The highest BCUT2D eigenvalue weighted by Crippen LogP contribution is 2.25. The minimum atomic E-state index is -0.675. The number of anilines is 1. The second kappa shape index (κ2) is 7.09. The largest absolute Gasteiger partial charge is 0.360 e. The number of amides is 3. The molecule has 3 amide bonds. The summed E-state index contributed by atoms with van der Waals surface area (Å²) in [5.74, 6) is -0.278. The van der Waals surface area contributed by atoms with Gasteiger partial charge in [-0.3, -0.25) is 4.79 Å². The molecule has 27 heavy (non-hydrogen) atoms. The van der Waals surface area contributed by atoms with Crippen molar-refractivity contribution in [1.29, 1.82) is 0 Å². The molecule has 0 saturated carbocycles. The van der Waals surface area contributed by atoms with Crippen molar-refractivity contribution in [3.8, 4) is 0 Å². The van der Waals surface area contributed by atoms with E-state index in [9.17, 15) is 14.0 Å². The number of nitrogens with zero attached hydrogens (tertiary/aromatic N) is 2. The number of quaternary nitrogens is 2. The predicted molar refractivity (Wildman–Crippen MR) is 98.1 cm³/mol. The molecule has 4 rings (SSSR count). The Morgan fingerprint density at radius 3 is 2.33 bits per heavy atom. The molecule has 0 unspecified atom stereocenters. The second-order valence-corrected chi connectivity index (χ2v) is 8.07. The standard InChI is InChI=1S/C19H26FN5O2/c1-22-8-6-19(7-9-22)17(26)25(18(27)21-19)14-23-10-12-24(13-11-23)16-4-2-15(20)3-5-16/h2-5H,6-14H2,1H3,(H,21,27)/p+2. The van der Waals surface area contributed by atoms with Crippen LogP contribution in [0.4, 0.5) is 14.9 Å². The van der Waals surface area contributed by atoms with Gasteiger partial charge in [-0.15, -0.1) is 0 Å². The summed E-state index contributed by atoms with van der Waals surface area (Å²) in [5.41, 5.74) is 0.338. The van der Waals surface area contributed by atoms with Gasteiger partial charge in [0, 0.05) is 18.5 Å². The Hall–Kier alpha value is -2.19. The molecule has 1 aromatic carbocycles. The summed E-state index contributed by atoms with van der Waals surface area (Å²) in [4.78, 5) is 31.7. The Kier molecular flexibility index (Phi) is 4.77. The monoisotopic (exact) mass is 377 g/mol. The van der Waals surface area contributed by atoms with Crippen LogP contribution in [-0.4, -0.2) is 75.4 Å². The maximum absolute atomic E-state index is 13.1. The average molecular weight is 377 g/mol. The molecule has 8 heteroatoms. The molecule has 0 bridgehead atoms. The number of rotatable bonds is 3. The number of piperidine rings is 1. The van der Waals surface area contributed by atoms with Crippen LogP contribution in [0.2, 0.25) is 0 Å². The third-order valence-corrected chi connectivity index (χ3v) is 6.25. The van der Waals surface area contributed by atoms with Crippen molar-refractivity contribution < 1.29 is 23.8 Å². The fraction of sp³-hybridized carbons (Fsp3) is 0.579. The van der Waals surface area contributed by atoms with Crippen molar-refractivity contribution in [2.24, 2.45) is 0 Å². The van der Waals surface area contributed by atoms with Crippen LogP contribution >= 0.6 is 0 Å². The van der Waals surface area contributed by atoms with Gasteiger partial charge in [-0.1, -0.05) is 0 Å². The molecule has 0 aliphatic carbocycles. The number of hydrogen-bond donors (Lipinski definition) is 3. The first kappa shape index (κ1) is 18.2. The molecule has 3 N–H and O–H groups in total. The number of carbonyl (C=O) groups is 2. The van der Waals surface area contributed by atoms with Crippen LogP contribution in [-0.2, 0) is 4.79 Å². The van der Waals surface area contributed by atoms with Gasteiger partial charge in [0.1, 0.15) is 11.4 Å². The SMILES string of the molecule is C[NH+]1CCC2(CC1)NC(=O)N(C[NH+]1CCN(c3ccc(F)cc3)CC1)C2=O. The van der Waals surface area contributed by atoms with E-state index in [2.05, 4.69) is 17.3 Å². The molecular weight excluding hydrogens is 349 g/mol. The Bertz CT molecular complexity index is 709. The van der Waals surface area contributed by atoms with E-state index in [0.717, 1.165) is 45.0 Å². The van der Waals surface area contributed by atoms with Crippen LogP contribution in [0, 0.1) is 5.82 Å². The van der Waals surface area contributed by atoms with Crippen molar-refractivity contribution in [3.63, 3.8) is 0 Å².